The number of hydrogen-bond donors (Lipinski definition) is 10. The highest BCUT2D eigenvalue weighted by atomic mass is 35.5. The van der Waals surface area contributed by atoms with E-state index in [2.05, 4.69) is 79.4 Å². The molecule has 1 aliphatic carbocycles. The number of sulfone groups is 2. The number of halogens is 1. The molecule has 11 N–H and O–H groups in total. The minimum atomic E-state index is -4.03. The number of ether oxygens (including phenoxy) is 1. The van der Waals surface area contributed by atoms with E-state index in [-0.39, 0.29) is 92.0 Å². The van der Waals surface area contributed by atoms with E-state index in [4.69, 9.17) is 22.1 Å². The fourth-order valence-corrected chi connectivity index (χ4v) is 21.4. The summed E-state index contributed by atoms with van der Waals surface area (Å²) in [7, 11) is -11.8. The summed E-state index contributed by atoms with van der Waals surface area (Å²) in [5.41, 5.74) is 15.9. The molecule has 0 radical (unpaired) electrons. The molecule has 4 aliphatic heterocycles. The second kappa shape index (κ2) is 46.7. The quantitative estimate of drug-likeness (QED) is 0.0208. The fourth-order valence-electron chi connectivity index (χ4n) is 15.6. The number of amides is 8. The van der Waals surface area contributed by atoms with Crippen molar-refractivity contribution in [1.82, 2.24) is 25.0 Å². The molecule has 4 heterocycles. The smallest absolute Gasteiger partial charge is 0.242 e. The number of aryl methyl sites for hydroxylation is 4. The van der Waals surface area contributed by atoms with Gasteiger partial charge in [0, 0.05) is 77.3 Å². The van der Waals surface area contributed by atoms with E-state index in [9.17, 15) is 72.0 Å². The zero-order chi connectivity index (χ0) is 94.9. The summed E-state index contributed by atoms with van der Waals surface area (Å²) < 4.78 is 116. The predicted molar refractivity (Wildman–Crippen MR) is 512 cm³/mol. The Bertz CT molecular complexity index is 6280. The van der Waals surface area contributed by atoms with Crippen molar-refractivity contribution in [3.05, 3.63) is 297 Å². The molecule has 6 unspecified atom stereocenters. The van der Waals surface area contributed by atoms with Crippen LogP contribution in [-0.2, 0) is 123 Å². The molecule has 1 saturated carbocycles. The highest BCUT2D eigenvalue weighted by molar-refractivity contribution is 7.92. The lowest BCUT2D eigenvalue weighted by Gasteiger charge is -2.31. The summed E-state index contributed by atoms with van der Waals surface area (Å²) in [6, 6.07) is 65.2. The first-order valence-corrected chi connectivity index (χ1v) is 50.4. The molecule has 1 fully saturated rings. The van der Waals surface area contributed by atoms with Gasteiger partial charge in [0.05, 0.1) is 50.0 Å². The number of sulfonamides is 2. The SMILES string of the molecule is CC1CCCCC1NC(=O)C(CS(=O)(=O)c1ccc2c(c1)CCC(=O)N2)c1ccccc1.CCN(C)CC.COc1ccccc1CNC(=O)C(CS(=O)(=O)c1ccc2c(c1)CCC(=O)N2)c1ccccc1.Cc1c(Cl)cccc1NC(=O)C(Cc1ccccc1)NS(=O)(=O)c1ccc2c(c1)CCC(=O)N2.NC(=O)C(Cc1ccccc1)NS(=O)(=O)c1ccc2c(c1)CCC(=O)N2. The van der Waals surface area contributed by atoms with Gasteiger partial charge in [-0.05, 0) is 225 Å². The van der Waals surface area contributed by atoms with E-state index in [1.165, 1.54) is 42.8 Å². The number of nitrogens with one attached hydrogen (secondary N) is 9. The minimum Gasteiger partial charge on any atom is -0.496 e. The molecule has 6 atom stereocenters. The van der Waals surface area contributed by atoms with Crippen LogP contribution in [0, 0.1) is 12.8 Å². The first-order valence-electron chi connectivity index (χ1n) is 43.7. The summed E-state index contributed by atoms with van der Waals surface area (Å²) >= 11 is 6.17. The van der Waals surface area contributed by atoms with Crippen molar-refractivity contribution in [3.63, 3.8) is 0 Å². The Labute approximate surface area is 777 Å². The zero-order valence-electron chi connectivity index (χ0n) is 74.4. The van der Waals surface area contributed by atoms with E-state index >= 15 is 0 Å². The average molecular weight is 1890 g/mol. The van der Waals surface area contributed by atoms with Crippen molar-refractivity contribution in [2.45, 2.75) is 174 Å². The molecule has 15 rings (SSSR count). The standard InChI is InChI=1S/C26H26N2O5S.C25H24ClN3O4S.C25H30N2O4S.C18H19N3O4S.C5H13N/c1-33-24-10-6-5-9-20(24)16-27-26(30)22(18-7-3-2-4-8-18)17-34(31,32)21-12-13-23-19(15-21)11-14-25(29)28-23;1-16-20(26)8-5-9-21(16)28-25(31)23(14-17-6-3-2-4-7-17)29-34(32,33)19-11-12-22-18(15-19)10-13-24(30)27-22;1-17-7-5-6-10-22(17)27-25(29)21(18-8-3-2-4-9-18)16-32(30,31)20-12-13-23-19(15-20)11-14-24(28)26-23;19-18(23)16(10-12-4-2-1-3-5-12)21-26(24,25)14-7-8-15-13(11-14)6-9-17(22)20-15;1-4-6(3)5-2/h2-10,12-13,15,22H,11,14,16-17H2,1H3,(H,27,30)(H,28,29);2-9,11-12,15,23,29H,10,13-14H2,1H3,(H,27,30)(H,28,31);2-4,8-9,12-13,15,17,21-22H,5-7,10-11,14,16H2,1H3,(H,26,28)(H,27,29);1-5,7-8,11,16,21H,6,9-10H2,(H2,19,23)(H,20,22);4-5H2,1-3H3. The van der Waals surface area contributed by atoms with Gasteiger partial charge in [-0.15, -0.1) is 0 Å². The van der Waals surface area contributed by atoms with Crippen molar-refractivity contribution >= 4 is 127 Å². The Morgan fingerprint density at radius 1 is 0.470 bits per heavy atom. The summed E-state index contributed by atoms with van der Waals surface area (Å²) in [5.74, 6) is -3.52. The average Bonchev–Trinajstić information content (AvgIpc) is 0.757. The van der Waals surface area contributed by atoms with E-state index in [1.807, 2.05) is 91.0 Å². The summed E-state index contributed by atoms with van der Waals surface area (Å²) in [5, 5.41) is 20.3. The van der Waals surface area contributed by atoms with Gasteiger partial charge in [0.2, 0.25) is 67.3 Å². The van der Waals surface area contributed by atoms with Gasteiger partial charge in [0.25, 0.3) is 0 Å². The molecule has 696 valence electrons. The van der Waals surface area contributed by atoms with E-state index < -0.39 is 75.5 Å². The third-order valence-electron chi connectivity index (χ3n) is 23.5. The predicted octanol–water partition coefficient (Wildman–Crippen LogP) is 13.2. The van der Waals surface area contributed by atoms with Crippen LogP contribution in [0.3, 0.4) is 0 Å². The number of benzene rings is 10. The first-order chi connectivity index (χ1) is 63.1. The van der Waals surface area contributed by atoms with Gasteiger partial charge in [-0.1, -0.05) is 191 Å². The number of primary amides is 1. The van der Waals surface area contributed by atoms with Gasteiger partial charge in [0.1, 0.15) is 17.8 Å². The molecule has 5 aliphatic rings. The van der Waals surface area contributed by atoms with Crippen LogP contribution < -0.4 is 57.1 Å². The Balaban J connectivity index is 0.000000167. The van der Waals surface area contributed by atoms with Crippen LogP contribution in [0.25, 0.3) is 0 Å². The zero-order valence-corrected chi connectivity index (χ0v) is 78.4. The molecule has 0 saturated heterocycles. The highest BCUT2D eigenvalue weighted by Crippen LogP contribution is 2.35. The molecule has 10 aromatic rings. The molecule has 0 aromatic heterocycles. The lowest BCUT2D eigenvalue weighted by molar-refractivity contribution is -0.123. The maximum Gasteiger partial charge on any atom is 0.242 e. The fraction of sp³-hybridized carbons (Fsp3) is 0.313. The number of rotatable bonds is 29. The maximum absolute atomic E-state index is 13.4. The van der Waals surface area contributed by atoms with Crippen LogP contribution in [-0.4, -0.2) is 143 Å². The second-order valence-electron chi connectivity index (χ2n) is 32.9. The Hall–Kier alpha value is -12.3. The van der Waals surface area contributed by atoms with Crippen molar-refractivity contribution in [2.24, 2.45) is 11.7 Å². The van der Waals surface area contributed by atoms with Crippen LogP contribution in [0.4, 0.5) is 28.4 Å². The van der Waals surface area contributed by atoms with Gasteiger partial charge >= 0.3 is 0 Å². The second-order valence-corrected chi connectivity index (χ2v) is 40.8. The first kappa shape index (κ1) is 100. The van der Waals surface area contributed by atoms with E-state index in [0.717, 1.165) is 71.3 Å². The number of hydrogen-bond acceptors (Lipinski definition) is 18. The molecule has 132 heavy (non-hydrogen) atoms. The monoisotopic (exact) mass is 1890 g/mol. The number of anilines is 5. The number of nitrogens with zero attached hydrogens (tertiary/aromatic N) is 1. The molecule has 0 spiro atoms. The van der Waals surface area contributed by atoms with Gasteiger partial charge in [-0.2, -0.15) is 9.44 Å². The van der Waals surface area contributed by atoms with Crippen LogP contribution in [0.5, 0.6) is 5.75 Å². The van der Waals surface area contributed by atoms with Crippen LogP contribution in [0.2, 0.25) is 5.02 Å². The van der Waals surface area contributed by atoms with Crippen molar-refractivity contribution in [3.8, 4) is 5.75 Å². The van der Waals surface area contributed by atoms with Crippen LogP contribution in [0.15, 0.2) is 256 Å². The number of carbonyl (C=O) groups is 8. The summed E-state index contributed by atoms with van der Waals surface area (Å²) in [6.45, 7) is 10.8. The lowest BCUT2D eigenvalue weighted by atomic mass is 9.85. The molecule has 0 bridgehead atoms. The Kier molecular flexibility index (Phi) is 35.5. The lowest BCUT2D eigenvalue weighted by Crippen LogP contribution is -2.45. The van der Waals surface area contributed by atoms with E-state index in [1.54, 1.807) is 123 Å². The third-order valence-corrected chi connectivity index (χ3v) is 30.4. The number of methoxy groups -OCH3 is 1. The molecular weight excluding hydrogens is 1780 g/mol. The number of fused-ring (bicyclic) bond motifs is 4. The van der Waals surface area contributed by atoms with Crippen molar-refractivity contribution < 1.29 is 76.8 Å². The topological polar surface area (TPSA) is 420 Å². The summed E-state index contributed by atoms with van der Waals surface area (Å²) in [6.07, 6.45) is 7.73. The number of para-hydroxylation sites is 1. The van der Waals surface area contributed by atoms with Crippen molar-refractivity contribution in [2.75, 3.05) is 65.3 Å². The van der Waals surface area contributed by atoms with Gasteiger partial charge in [-0.3, -0.25) is 38.4 Å². The van der Waals surface area contributed by atoms with E-state index in [0.29, 0.717) is 113 Å². The van der Waals surface area contributed by atoms with Crippen LogP contribution in [0.1, 0.15) is 140 Å². The highest BCUT2D eigenvalue weighted by Gasteiger charge is 2.36. The largest absolute Gasteiger partial charge is 0.496 e. The Morgan fingerprint density at radius 2 is 0.856 bits per heavy atom. The molecule has 10 aromatic carbocycles. The maximum atomic E-state index is 13.4. The van der Waals surface area contributed by atoms with Gasteiger partial charge < -0.3 is 52.6 Å². The molecule has 8 amide bonds. The molecule has 33 heteroatoms. The normalized spacial score (nSPS) is 15.9. The molecule has 28 nitrogen and oxygen atoms in total. The minimum absolute atomic E-state index is 0.0340. The van der Waals surface area contributed by atoms with Crippen molar-refractivity contribution in [1.29, 1.82) is 0 Å². The molecular formula is C99H112ClN11O17S4. The van der Waals surface area contributed by atoms with Gasteiger partial charge in [0.15, 0.2) is 19.7 Å². The summed E-state index contributed by atoms with van der Waals surface area (Å²) in [4.78, 5) is 100. The number of carbonyl (C=O) groups excluding carboxylic acids is 8. The Morgan fingerprint density at radius 3 is 1.27 bits per heavy atom. The van der Waals surface area contributed by atoms with Crippen LogP contribution >= 0.6 is 11.6 Å². The third kappa shape index (κ3) is 28.1. The number of nitrogens with two attached hydrogens (primary N) is 1. The van der Waals surface area contributed by atoms with Gasteiger partial charge in [-0.25, -0.2) is 33.7 Å².